The molecule has 4 aromatic rings. The van der Waals surface area contributed by atoms with Crippen LogP contribution in [0.15, 0.2) is 69.6 Å². The van der Waals surface area contributed by atoms with E-state index in [1.807, 2.05) is 54.6 Å². The van der Waals surface area contributed by atoms with Crippen LogP contribution in [0, 0.1) is 7.14 Å². The van der Waals surface area contributed by atoms with Crippen molar-refractivity contribution in [2.75, 3.05) is 5.32 Å². The number of nitrogens with zero attached hydrogens (tertiary/aromatic N) is 1. The highest BCUT2D eigenvalue weighted by Crippen LogP contribution is 2.32. The van der Waals surface area contributed by atoms with Crippen LogP contribution in [0.2, 0.25) is 0 Å². The molecule has 0 aliphatic carbocycles. The highest BCUT2D eigenvalue weighted by Gasteiger charge is 2.13. The molecule has 0 saturated carbocycles. The molecule has 0 aliphatic heterocycles. The molecule has 134 valence electrons. The zero-order chi connectivity index (χ0) is 19.0. The standard InChI is InChI=1S/C20H11BrI2N2O2/c21-16-6-4-13(23)9-15(16)20-25-17-10-14(5-7-18(17)27-20)24-19(26)11-2-1-3-12(22)8-11/h1-10H,(H,24,26). The van der Waals surface area contributed by atoms with Gasteiger partial charge in [0, 0.05) is 22.9 Å². The Bertz CT molecular complexity index is 1170. The summed E-state index contributed by atoms with van der Waals surface area (Å²) in [5.74, 6) is 0.383. The molecular formula is C20H11BrI2N2O2. The fraction of sp³-hybridized carbons (Fsp3) is 0. The average molecular weight is 645 g/mol. The molecular weight excluding hydrogens is 634 g/mol. The van der Waals surface area contributed by atoms with Crippen molar-refractivity contribution in [3.8, 4) is 11.5 Å². The van der Waals surface area contributed by atoms with Gasteiger partial charge in [0.05, 0.1) is 5.56 Å². The Hall–Kier alpha value is -1.46. The number of nitrogens with one attached hydrogen (secondary N) is 1. The predicted molar refractivity (Wildman–Crippen MR) is 127 cm³/mol. The van der Waals surface area contributed by atoms with Crippen LogP contribution in [0.4, 0.5) is 5.69 Å². The SMILES string of the molecule is O=C(Nc1ccc2oc(-c3cc(I)ccc3Br)nc2c1)c1cccc(I)c1. The van der Waals surface area contributed by atoms with Crippen molar-refractivity contribution >= 4 is 83.8 Å². The number of halogens is 3. The van der Waals surface area contributed by atoms with Gasteiger partial charge < -0.3 is 9.73 Å². The molecule has 0 radical (unpaired) electrons. The molecule has 1 amide bonds. The van der Waals surface area contributed by atoms with Gasteiger partial charge in [-0.1, -0.05) is 6.07 Å². The summed E-state index contributed by atoms with van der Waals surface area (Å²) in [6, 6.07) is 18.9. The number of carbonyl (C=O) groups excluding carboxylic acids is 1. The smallest absolute Gasteiger partial charge is 0.255 e. The van der Waals surface area contributed by atoms with Gasteiger partial charge in [0.15, 0.2) is 5.58 Å². The minimum Gasteiger partial charge on any atom is -0.436 e. The first-order valence-corrected chi connectivity index (χ1v) is 10.9. The molecule has 1 N–H and O–H groups in total. The minimum absolute atomic E-state index is 0.156. The summed E-state index contributed by atoms with van der Waals surface area (Å²) >= 11 is 7.99. The molecule has 3 aromatic carbocycles. The molecule has 0 unspecified atom stereocenters. The molecule has 27 heavy (non-hydrogen) atoms. The lowest BCUT2D eigenvalue weighted by molar-refractivity contribution is 0.102. The summed E-state index contributed by atoms with van der Waals surface area (Å²) in [4.78, 5) is 17.0. The Labute approximate surface area is 191 Å². The van der Waals surface area contributed by atoms with Crippen LogP contribution in [-0.4, -0.2) is 10.9 Å². The number of carbonyl (C=O) groups is 1. The maximum absolute atomic E-state index is 12.4. The summed E-state index contributed by atoms with van der Waals surface area (Å²) in [6.07, 6.45) is 0. The van der Waals surface area contributed by atoms with Crippen LogP contribution >= 0.6 is 61.1 Å². The van der Waals surface area contributed by atoms with Gasteiger partial charge in [0.25, 0.3) is 5.91 Å². The van der Waals surface area contributed by atoms with E-state index in [4.69, 9.17) is 4.42 Å². The van der Waals surface area contributed by atoms with E-state index in [1.165, 1.54) is 0 Å². The molecule has 4 nitrogen and oxygen atoms in total. The number of anilines is 1. The summed E-state index contributed by atoms with van der Waals surface area (Å²) in [7, 11) is 0. The molecule has 0 aliphatic rings. The third kappa shape index (κ3) is 4.19. The normalized spacial score (nSPS) is 10.9. The number of oxazole rings is 1. The first-order chi connectivity index (χ1) is 13.0. The maximum atomic E-state index is 12.4. The van der Waals surface area contributed by atoms with E-state index in [0.717, 1.165) is 17.2 Å². The monoisotopic (exact) mass is 644 g/mol. The van der Waals surface area contributed by atoms with Gasteiger partial charge in [-0.15, -0.1) is 0 Å². The van der Waals surface area contributed by atoms with Gasteiger partial charge >= 0.3 is 0 Å². The number of hydrogen-bond acceptors (Lipinski definition) is 3. The van der Waals surface area contributed by atoms with Crippen molar-refractivity contribution in [2.45, 2.75) is 0 Å². The molecule has 0 atom stereocenters. The van der Waals surface area contributed by atoms with E-state index in [1.54, 1.807) is 6.07 Å². The molecule has 0 fully saturated rings. The molecule has 0 spiro atoms. The van der Waals surface area contributed by atoms with Gasteiger partial charge in [-0.3, -0.25) is 4.79 Å². The lowest BCUT2D eigenvalue weighted by Gasteiger charge is -2.05. The third-order valence-electron chi connectivity index (χ3n) is 3.89. The van der Waals surface area contributed by atoms with Gasteiger partial charge in [-0.25, -0.2) is 4.98 Å². The fourth-order valence-corrected chi connectivity index (χ4v) is 4.07. The van der Waals surface area contributed by atoms with Crippen molar-refractivity contribution in [1.82, 2.24) is 4.98 Å². The quantitative estimate of drug-likeness (QED) is 0.252. The lowest BCUT2D eigenvalue weighted by atomic mass is 10.2. The zero-order valence-electron chi connectivity index (χ0n) is 13.7. The summed E-state index contributed by atoms with van der Waals surface area (Å²) in [6.45, 7) is 0. The van der Waals surface area contributed by atoms with Gasteiger partial charge in [-0.2, -0.15) is 0 Å². The maximum Gasteiger partial charge on any atom is 0.255 e. The number of benzene rings is 3. The topological polar surface area (TPSA) is 55.1 Å². The lowest BCUT2D eigenvalue weighted by Crippen LogP contribution is -2.11. The molecule has 1 aromatic heterocycles. The van der Waals surface area contributed by atoms with Crippen molar-refractivity contribution < 1.29 is 9.21 Å². The molecule has 7 heteroatoms. The fourth-order valence-electron chi connectivity index (χ4n) is 2.61. The van der Waals surface area contributed by atoms with Crippen molar-refractivity contribution in [1.29, 1.82) is 0 Å². The number of amides is 1. The third-order valence-corrected chi connectivity index (χ3v) is 5.92. The summed E-state index contributed by atoms with van der Waals surface area (Å²) in [5, 5.41) is 2.91. The highest BCUT2D eigenvalue weighted by molar-refractivity contribution is 14.1. The van der Waals surface area contributed by atoms with Crippen LogP contribution in [0.5, 0.6) is 0 Å². The molecule has 4 rings (SSSR count). The van der Waals surface area contributed by atoms with E-state index in [2.05, 4.69) is 71.4 Å². The second-order valence-electron chi connectivity index (χ2n) is 5.79. The zero-order valence-corrected chi connectivity index (χ0v) is 19.6. The Morgan fingerprint density at radius 3 is 2.63 bits per heavy atom. The number of aromatic nitrogens is 1. The van der Waals surface area contributed by atoms with Gasteiger partial charge in [-0.05, 0) is 116 Å². The largest absolute Gasteiger partial charge is 0.436 e. The second kappa shape index (κ2) is 7.88. The Kier molecular flexibility index (Phi) is 5.51. The number of rotatable bonds is 3. The number of hydrogen-bond donors (Lipinski definition) is 1. The van der Waals surface area contributed by atoms with Gasteiger partial charge in [0.2, 0.25) is 5.89 Å². The first kappa shape index (κ1) is 18.9. The Morgan fingerprint density at radius 1 is 1.00 bits per heavy atom. The second-order valence-corrected chi connectivity index (χ2v) is 9.14. The van der Waals surface area contributed by atoms with E-state index in [-0.39, 0.29) is 5.91 Å². The Morgan fingerprint density at radius 2 is 1.81 bits per heavy atom. The van der Waals surface area contributed by atoms with Crippen LogP contribution in [0.25, 0.3) is 22.6 Å². The van der Waals surface area contributed by atoms with E-state index in [0.29, 0.717) is 28.2 Å². The van der Waals surface area contributed by atoms with Crippen molar-refractivity contribution in [2.24, 2.45) is 0 Å². The van der Waals surface area contributed by atoms with Crippen LogP contribution in [-0.2, 0) is 0 Å². The first-order valence-electron chi connectivity index (χ1n) is 7.92. The summed E-state index contributed by atoms with van der Waals surface area (Å²) < 4.78 is 8.92. The molecule has 0 saturated heterocycles. The van der Waals surface area contributed by atoms with E-state index < -0.39 is 0 Å². The predicted octanol–water partition coefficient (Wildman–Crippen LogP) is 6.72. The highest BCUT2D eigenvalue weighted by atomic mass is 127. The average Bonchev–Trinajstić information content (AvgIpc) is 3.07. The van der Waals surface area contributed by atoms with Crippen molar-refractivity contribution in [3.63, 3.8) is 0 Å². The van der Waals surface area contributed by atoms with Crippen LogP contribution in [0.3, 0.4) is 0 Å². The molecule has 0 bridgehead atoms. The minimum atomic E-state index is -0.156. The number of fused-ring (bicyclic) bond motifs is 1. The van der Waals surface area contributed by atoms with Crippen LogP contribution < -0.4 is 5.32 Å². The van der Waals surface area contributed by atoms with Crippen LogP contribution in [0.1, 0.15) is 10.4 Å². The van der Waals surface area contributed by atoms with E-state index >= 15 is 0 Å². The van der Waals surface area contributed by atoms with Gasteiger partial charge in [0.1, 0.15) is 5.52 Å². The van der Waals surface area contributed by atoms with E-state index in [9.17, 15) is 4.79 Å². The Balaban J connectivity index is 1.65. The molecule has 1 heterocycles. The summed E-state index contributed by atoms with van der Waals surface area (Å²) in [5.41, 5.74) is 3.54. The van der Waals surface area contributed by atoms with Crippen molar-refractivity contribution in [3.05, 3.63) is 77.8 Å².